The normalized spacial score (nSPS) is 13.2. The highest BCUT2D eigenvalue weighted by Crippen LogP contribution is 2.26. The Labute approximate surface area is 152 Å². The van der Waals surface area contributed by atoms with Crippen LogP contribution in [0.1, 0.15) is 0 Å². The number of rotatable bonds is 9. The number of ether oxygens (including phenoxy) is 2. The average molecular weight is 385 g/mol. The molecule has 25 heavy (non-hydrogen) atoms. The monoisotopic (exact) mass is 384 g/mol. The number of carbonyl (C=O) groups excluding carboxylic acids is 1. The molecule has 0 heterocycles. The highest BCUT2D eigenvalue weighted by Gasteiger charge is 2.30. The molecule has 0 aromatic heterocycles. The van der Waals surface area contributed by atoms with E-state index in [0.29, 0.717) is 11.5 Å². The smallest absolute Gasteiger partial charge is 0.184 e. The Balaban J connectivity index is 2.91. The molecule has 8 heteroatoms. The zero-order chi connectivity index (χ0) is 19.3. The maximum Gasteiger partial charge on any atom is 0.184 e. The molecular formula is C17H30NO5Si2-. The number of hydrogen-bond donors (Lipinski definition) is 0. The fourth-order valence-corrected chi connectivity index (χ4v) is 4.81. The molecule has 0 saturated heterocycles. The van der Waals surface area contributed by atoms with Gasteiger partial charge in [-0.1, -0.05) is 31.8 Å². The van der Waals surface area contributed by atoms with Gasteiger partial charge in [-0.05, 0) is 31.8 Å². The Morgan fingerprint density at radius 3 is 2.12 bits per heavy atom. The van der Waals surface area contributed by atoms with Crippen LogP contribution in [0.25, 0.3) is 0 Å². The van der Waals surface area contributed by atoms with Crippen molar-refractivity contribution in [2.24, 2.45) is 0 Å². The third-order valence-electron chi connectivity index (χ3n) is 3.43. The van der Waals surface area contributed by atoms with Crippen LogP contribution >= 0.6 is 0 Å². The van der Waals surface area contributed by atoms with Crippen LogP contribution in [-0.4, -0.2) is 53.6 Å². The van der Waals surface area contributed by atoms with Gasteiger partial charge in [0.25, 0.3) is 0 Å². The Morgan fingerprint density at radius 2 is 1.68 bits per heavy atom. The van der Waals surface area contributed by atoms with Crippen LogP contribution in [0.5, 0.6) is 11.5 Å². The van der Waals surface area contributed by atoms with Gasteiger partial charge in [0, 0.05) is 6.54 Å². The van der Waals surface area contributed by atoms with Crippen LogP contribution < -0.4 is 14.6 Å². The van der Waals surface area contributed by atoms with Gasteiger partial charge < -0.3 is 28.4 Å². The number of methoxy groups -OCH3 is 1. The lowest BCUT2D eigenvalue weighted by Crippen LogP contribution is -2.58. The first-order valence-electron chi connectivity index (χ1n) is 8.36. The second-order valence-electron chi connectivity index (χ2n) is 7.86. The van der Waals surface area contributed by atoms with Crippen molar-refractivity contribution < 1.29 is 23.8 Å². The molecule has 0 spiro atoms. The molecule has 142 valence electrons. The van der Waals surface area contributed by atoms with E-state index in [1.165, 1.54) is 4.57 Å². The molecule has 6 nitrogen and oxygen atoms in total. The first-order valence-corrected chi connectivity index (χ1v) is 15.2. The van der Waals surface area contributed by atoms with Gasteiger partial charge in [0.15, 0.2) is 19.8 Å². The molecule has 1 atom stereocenters. The van der Waals surface area contributed by atoms with E-state index in [1.807, 2.05) is 43.9 Å². The summed E-state index contributed by atoms with van der Waals surface area (Å²) in [5.41, 5.74) is 0. The van der Waals surface area contributed by atoms with E-state index in [9.17, 15) is 9.90 Å². The van der Waals surface area contributed by atoms with Gasteiger partial charge in [-0.3, -0.25) is 0 Å². The van der Waals surface area contributed by atoms with Gasteiger partial charge in [-0.25, -0.2) is 0 Å². The minimum Gasteiger partial charge on any atom is -0.530 e. The molecule has 1 aromatic carbocycles. The van der Waals surface area contributed by atoms with E-state index in [1.54, 1.807) is 7.11 Å². The predicted molar refractivity (Wildman–Crippen MR) is 102 cm³/mol. The van der Waals surface area contributed by atoms with E-state index in [2.05, 4.69) is 19.6 Å². The fraction of sp³-hybridized carbons (Fsp3) is 0.588. The second-order valence-corrected chi connectivity index (χ2v) is 17.2. The summed E-state index contributed by atoms with van der Waals surface area (Å²) in [6.45, 7) is 12.6. The van der Waals surface area contributed by atoms with Gasteiger partial charge in [-0.2, -0.15) is 0 Å². The quantitative estimate of drug-likeness (QED) is 0.612. The first kappa shape index (κ1) is 21.5. The number of para-hydroxylation sites is 2. The molecule has 0 N–H and O–H groups in total. The summed E-state index contributed by atoms with van der Waals surface area (Å²) in [7, 11) is -2.38. The SMILES string of the molecule is COc1ccccc1OCC(CN(C(=O)[O-])[Si](C)(C)C)O[Si](C)(C)C. The van der Waals surface area contributed by atoms with E-state index >= 15 is 0 Å². The number of carbonyl (C=O) groups is 1. The third-order valence-corrected chi connectivity index (χ3v) is 6.46. The molecule has 0 radical (unpaired) electrons. The summed E-state index contributed by atoms with van der Waals surface area (Å²) < 4.78 is 18.8. The first-order chi connectivity index (χ1) is 11.4. The van der Waals surface area contributed by atoms with Gasteiger partial charge in [0.05, 0.1) is 13.2 Å². The van der Waals surface area contributed by atoms with Crippen LogP contribution in [-0.2, 0) is 4.43 Å². The van der Waals surface area contributed by atoms with Gasteiger partial charge >= 0.3 is 0 Å². The third kappa shape index (κ3) is 7.49. The average Bonchev–Trinajstić information content (AvgIpc) is 2.47. The highest BCUT2D eigenvalue weighted by molar-refractivity contribution is 6.75. The van der Waals surface area contributed by atoms with Crippen LogP contribution in [0.3, 0.4) is 0 Å². The molecule has 1 aromatic rings. The van der Waals surface area contributed by atoms with E-state index in [4.69, 9.17) is 13.9 Å². The molecule has 1 amide bonds. The summed E-state index contributed by atoms with van der Waals surface area (Å²) in [4.78, 5) is 11.6. The molecular weight excluding hydrogens is 354 g/mol. The van der Waals surface area contributed by atoms with Crippen molar-refractivity contribution in [2.75, 3.05) is 20.3 Å². The Kier molecular flexibility index (Phi) is 7.51. The Morgan fingerprint density at radius 1 is 1.12 bits per heavy atom. The lowest BCUT2D eigenvalue weighted by molar-refractivity contribution is -0.261. The topological polar surface area (TPSA) is 71.1 Å². The maximum atomic E-state index is 11.6. The van der Waals surface area contributed by atoms with Gasteiger partial charge in [0.2, 0.25) is 0 Å². The van der Waals surface area contributed by atoms with Crippen molar-refractivity contribution in [3.8, 4) is 11.5 Å². The molecule has 0 aliphatic heterocycles. The van der Waals surface area contributed by atoms with Gasteiger partial charge in [-0.15, -0.1) is 0 Å². The van der Waals surface area contributed by atoms with Crippen LogP contribution in [0.4, 0.5) is 4.79 Å². The van der Waals surface area contributed by atoms with Crippen LogP contribution in [0.15, 0.2) is 24.3 Å². The number of amides is 1. The van der Waals surface area contributed by atoms with Crippen LogP contribution in [0, 0.1) is 0 Å². The maximum absolute atomic E-state index is 11.6. The summed E-state index contributed by atoms with van der Waals surface area (Å²) in [5, 5.41) is 11.6. The minimum absolute atomic E-state index is 0.247. The fourth-order valence-electron chi connectivity index (χ4n) is 2.37. The van der Waals surface area contributed by atoms with Crippen molar-refractivity contribution in [1.29, 1.82) is 0 Å². The van der Waals surface area contributed by atoms with Crippen molar-refractivity contribution in [2.45, 2.75) is 45.4 Å². The predicted octanol–water partition coefficient (Wildman–Crippen LogP) is 2.77. The largest absolute Gasteiger partial charge is 0.530 e. The molecule has 0 aliphatic rings. The van der Waals surface area contributed by atoms with Crippen molar-refractivity contribution in [3.05, 3.63) is 24.3 Å². The zero-order valence-corrected chi connectivity index (χ0v) is 18.3. The van der Waals surface area contributed by atoms with E-state index < -0.39 is 22.6 Å². The molecule has 0 aliphatic carbocycles. The minimum atomic E-state index is -2.09. The standard InChI is InChI=1S/C17H31NO5Si2/c1-21-15-10-8-9-11-16(15)22-13-14(23-25(5,6)7)12-18(17(19)20)24(2,3)4/h8-11,14H,12-13H2,1-7H3,(H,19,20)/p-1. The Bertz CT molecular complexity index is 569. The van der Waals surface area contributed by atoms with Crippen molar-refractivity contribution in [1.82, 2.24) is 4.57 Å². The number of benzene rings is 1. The van der Waals surface area contributed by atoms with Crippen molar-refractivity contribution in [3.63, 3.8) is 0 Å². The zero-order valence-electron chi connectivity index (χ0n) is 16.3. The van der Waals surface area contributed by atoms with Crippen LogP contribution in [0.2, 0.25) is 39.3 Å². The summed E-state index contributed by atoms with van der Waals surface area (Å²) in [6.07, 6.45) is -1.51. The molecule has 0 saturated carbocycles. The summed E-state index contributed by atoms with van der Waals surface area (Å²) >= 11 is 0. The van der Waals surface area contributed by atoms with E-state index in [0.717, 1.165) is 0 Å². The number of carboxylic acid groups (broad SMARTS) is 1. The summed E-state index contributed by atoms with van der Waals surface area (Å²) in [5.74, 6) is 1.25. The lowest BCUT2D eigenvalue weighted by atomic mass is 10.3. The molecule has 1 rings (SSSR count). The second kappa shape index (κ2) is 8.73. The number of nitrogens with zero attached hydrogens (tertiary/aromatic N) is 1. The number of hydrogen-bond acceptors (Lipinski definition) is 5. The Hall–Kier alpha value is -1.52. The molecule has 0 fully saturated rings. The summed E-state index contributed by atoms with van der Waals surface area (Å²) in [6, 6.07) is 7.37. The highest BCUT2D eigenvalue weighted by atomic mass is 28.4. The van der Waals surface area contributed by atoms with Crippen molar-refractivity contribution >= 4 is 22.6 Å². The lowest BCUT2D eigenvalue weighted by Gasteiger charge is -2.40. The molecule has 0 bridgehead atoms. The van der Waals surface area contributed by atoms with Gasteiger partial charge in [0.1, 0.15) is 20.9 Å². The van der Waals surface area contributed by atoms with E-state index in [-0.39, 0.29) is 19.3 Å². The molecule has 1 unspecified atom stereocenters.